The zero-order chi connectivity index (χ0) is 12.8. The number of amides is 1. The quantitative estimate of drug-likeness (QED) is 0.766. The van der Waals surface area contributed by atoms with Crippen molar-refractivity contribution in [3.8, 4) is 5.88 Å². The van der Waals surface area contributed by atoms with Crippen LogP contribution in [0.15, 0.2) is 18.3 Å². The van der Waals surface area contributed by atoms with Crippen LogP contribution < -0.4 is 10.1 Å². The summed E-state index contributed by atoms with van der Waals surface area (Å²) >= 11 is 0. The molecule has 0 bridgehead atoms. The summed E-state index contributed by atoms with van der Waals surface area (Å²) in [7, 11) is 0. The van der Waals surface area contributed by atoms with Gasteiger partial charge in [0.05, 0.1) is 6.04 Å². The molecule has 0 fully saturated rings. The highest BCUT2D eigenvalue weighted by molar-refractivity contribution is 5.75. The fourth-order valence-electron chi connectivity index (χ4n) is 1.40. The summed E-state index contributed by atoms with van der Waals surface area (Å²) in [5.74, 6) is 0.209. The van der Waals surface area contributed by atoms with Gasteiger partial charge in [-0.15, -0.1) is 0 Å². The van der Waals surface area contributed by atoms with E-state index in [0.717, 1.165) is 0 Å². The minimum absolute atomic E-state index is 0.0373. The summed E-state index contributed by atoms with van der Waals surface area (Å²) in [6.45, 7) is 4.07. The Balaban J connectivity index is 2.62. The van der Waals surface area contributed by atoms with E-state index in [1.54, 1.807) is 29.8 Å². The molecule has 0 aromatic carbocycles. The smallest absolute Gasteiger partial charge is 0.449 e. The molecule has 0 saturated heterocycles. The number of carbonyl (C=O) groups is 2. The molecule has 0 saturated carbocycles. The van der Waals surface area contributed by atoms with Gasteiger partial charge in [-0.3, -0.25) is 4.79 Å². The molecule has 0 aliphatic heterocycles. The summed E-state index contributed by atoms with van der Waals surface area (Å²) < 4.78 is 6.26. The lowest BCUT2D eigenvalue weighted by Gasteiger charge is -2.16. The molecule has 1 aromatic rings. The van der Waals surface area contributed by atoms with E-state index in [0.29, 0.717) is 13.0 Å². The molecule has 1 heterocycles. The Kier molecular flexibility index (Phi) is 4.56. The zero-order valence-corrected chi connectivity index (χ0v) is 9.84. The van der Waals surface area contributed by atoms with Crippen molar-refractivity contribution in [1.29, 1.82) is 0 Å². The molecule has 1 amide bonds. The van der Waals surface area contributed by atoms with Crippen molar-refractivity contribution < 1.29 is 19.4 Å². The topological polar surface area (TPSA) is 80.6 Å². The molecule has 1 rings (SSSR count). The number of nitrogens with zero attached hydrogens (tertiary/aromatic N) is 1. The fraction of sp³-hybridized carbons (Fsp3) is 0.455. The number of rotatable bonds is 5. The SMILES string of the molecule is CCC(=O)NCC(C)n1cccc1OC(=O)O. The summed E-state index contributed by atoms with van der Waals surface area (Å²) in [5.41, 5.74) is 0. The maximum Gasteiger partial charge on any atom is 0.512 e. The van der Waals surface area contributed by atoms with E-state index in [9.17, 15) is 9.59 Å². The molecule has 0 aliphatic carbocycles. The summed E-state index contributed by atoms with van der Waals surface area (Å²) in [6.07, 6.45) is 0.785. The van der Waals surface area contributed by atoms with E-state index >= 15 is 0 Å². The monoisotopic (exact) mass is 240 g/mol. The van der Waals surface area contributed by atoms with Gasteiger partial charge in [-0.2, -0.15) is 0 Å². The Morgan fingerprint density at radius 2 is 2.29 bits per heavy atom. The van der Waals surface area contributed by atoms with Crippen LogP contribution in [-0.4, -0.2) is 28.3 Å². The van der Waals surface area contributed by atoms with E-state index < -0.39 is 6.16 Å². The number of nitrogens with one attached hydrogen (secondary N) is 1. The van der Waals surface area contributed by atoms with Crippen LogP contribution in [0.2, 0.25) is 0 Å². The molecule has 0 aliphatic rings. The average Bonchev–Trinajstić information content (AvgIpc) is 2.72. The summed E-state index contributed by atoms with van der Waals surface area (Å²) in [4.78, 5) is 21.6. The van der Waals surface area contributed by atoms with Crippen molar-refractivity contribution in [2.75, 3.05) is 6.54 Å². The number of carboxylic acid groups (broad SMARTS) is 1. The second-order valence-corrected chi connectivity index (χ2v) is 3.63. The first-order chi connectivity index (χ1) is 8.04. The van der Waals surface area contributed by atoms with E-state index in [4.69, 9.17) is 5.11 Å². The van der Waals surface area contributed by atoms with Crippen molar-refractivity contribution in [2.24, 2.45) is 0 Å². The maximum absolute atomic E-state index is 11.1. The molecule has 6 nitrogen and oxygen atoms in total. The molecular formula is C11H16N2O4. The standard InChI is InChI=1S/C11H16N2O4/c1-3-9(14)12-7-8(2)13-6-4-5-10(13)17-11(15)16/h4-6,8H,3,7H2,1-2H3,(H,12,14)(H,15,16). The van der Waals surface area contributed by atoms with Gasteiger partial charge in [0.25, 0.3) is 0 Å². The third kappa shape index (κ3) is 3.82. The van der Waals surface area contributed by atoms with Crippen molar-refractivity contribution in [3.05, 3.63) is 18.3 Å². The van der Waals surface area contributed by atoms with Gasteiger partial charge in [0, 0.05) is 25.2 Å². The Bertz CT molecular complexity index is 400. The van der Waals surface area contributed by atoms with Crippen molar-refractivity contribution in [1.82, 2.24) is 9.88 Å². The van der Waals surface area contributed by atoms with Gasteiger partial charge in [0.1, 0.15) is 0 Å². The predicted molar refractivity (Wildman–Crippen MR) is 61.1 cm³/mol. The van der Waals surface area contributed by atoms with Crippen LogP contribution in [0.4, 0.5) is 4.79 Å². The van der Waals surface area contributed by atoms with Gasteiger partial charge < -0.3 is 19.7 Å². The van der Waals surface area contributed by atoms with Gasteiger partial charge in [0.15, 0.2) is 0 Å². The van der Waals surface area contributed by atoms with Crippen molar-refractivity contribution >= 4 is 12.1 Å². The second-order valence-electron chi connectivity index (χ2n) is 3.63. The molecule has 2 N–H and O–H groups in total. The normalized spacial score (nSPS) is 11.9. The van der Waals surface area contributed by atoms with Crippen LogP contribution in [0.3, 0.4) is 0 Å². The Labute approximate surface area is 99.2 Å². The second kappa shape index (κ2) is 5.93. The van der Waals surface area contributed by atoms with E-state index in [-0.39, 0.29) is 17.8 Å². The molecule has 0 radical (unpaired) electrons. The highest BCUT2D eigenvalue weighted by Gasteiger charge is 2.12. The van der Waals surface area contributed by atoms with E-state index in [1.807, 2.05) is 6.92 Å². The highest BCUT2D eigenvalue weighted by Crippen LogP contribution is 2.18. The van der Waals surface area contributed by atoms with Crippen LogP contribution in [0.25, 0.3) is 0 Å². The number of aromatic nitrogens is 1. The van der Waals surface area contributed by atoms with Crippen molar-refractivity contribution in [3.63, 3.8) is 0 Å². The first kappa shape index (κ1) is 13.1. The highest BCUT2D eigenvalue weighted by atomic mass is 16.7. The first-order valence-electron chi connectivity index (χ1n) is 5.39. The zero-order valence-electron chi connectivity index (χ0n) is 9.84. The summed E-state index contributed by atoms with van der Waals surface area (Å²) in [5, 5.41) is 11.3. The third-order valence-corrected chi connectivity index (χ3v) is 2.32. The summed E-state index contributed by atoms with van der Waals surface area (Å²) in [6, 6.07) is 3.18. The largest absolute Gasteiger partial charge is 0.512 e. The molecule has 0 spiro atoms. The minimum Gasteiger partial charge on any atom is -0.449 e. The van der Waals surface area contributed by atoms with E-state index in [2.05, 4.69) is 10.1 Å². The number of ether oxygens (including phenoxy) is 1. The predicted octanol–water partition coefficient (Wildman–Crippen LogP) is 1.63. The molecular weight excluding hydrogens is 224 g/mol. The van der Waals surface area contributed by atoms with Gasteiger partial charge in [-0.1, -0.05) is 6.92 Å². The van der Waals surface area contributed by atoms with Crippen molar-refractivity contribution in [2.45, 2.75) is 26.3 Å². The Hall–Kier alpha value is -1.98. The van der Waals surface area contributed by atoms with Gasteiger partial charge in [0.2, 0.25) is 11.8 Å². The minimum atomic E-state index is -1.35. The fourth-order valence-corrected chi connectivity index (χ4v) is 1.40. The van der Waals surface area contributed by atoms with Gasteiger partial charge >= 0.3 is 6.16 Å². The Morgan fingerprint density at radius 1 is 1.59 bits per heavy atom. The third-order valence-electron chi connectivity index (χ3n) is 2.32. The maximum atomic E-state index is 11.1. The molecule has 6 heteroatoms. The number of hydrogen-bond donors (Lipinski definition) is 2. The molecule has 1 atom stereocenters. The lowest BCUT2D eigenvalue weighted by molar-refractivity contribution is -0.120. The number of carbonyl (C=O) groups excluding carboxylic acids is 1. The van der Waals surface area contributed by atoms with Crippen LogP contribution in [0.1, 0.15) is 26.3 Å². The average molecular weight is 240 g/mol. The lowest BCUT2D eigenvalue weighted by atomic mass is 10.3. The number of hydrogen-bond acceptors (Lipinski definition) is 3. The molecule has 1 aromatic heterocycles. The van der Waals surface area contributed by atoms with Gasteiger partial charge in [-0.05, 0) is 13.0 Å². The molecule has 17 heavy (non-hydrogen) atoms. The van der Waals surface area contributed by atoms with Crippen LogP contribution in [-0.2, 0) is 4.79 Å². The molecule has 94 valence electrons. The lowest BCUT2D eigenvalue weighted by Crippen LogP contribution is -2.29. The van der Waals surface area contributed by atoms with Gasteiger partial charge in [-0.25, -0.2) is 4.79 Å². The van der Waals surface area contributed by atoms with Crippen LogP contribution in [0.5, 0.6) is 5.88 Å². The molecule has 1 unspecified atom stereocenters. The van der Waals surface area contributed by atoms with E-state index in [1.165, 1.54) is 0 Å². The Morgan fingerprint density at radius 3 is 2.88 bits per heavy atom. The van der Waals surface area contributed by atoms with Crippen LogP contribution in [0, 0.1) is 0 Å². The first-order valence-corrected chi connectivity index (χ1v) is 5.39. The van der Waals surface area contributed by atoms with Crippen LogP contribution >= 0.6 is 0 Å².